The van der Waals surface area contributed by atoms with Crippen LogP contribution in [0.1, 0.15) is 45.9 Å². The lowest BCUT2D eigenvalue weighted by atomic mass is 9.92. The summed E-state index contributed by atoms with van der Waals surface area (Å²) in [5.41, 5.74) is 2.72. The van der Waals surface area contributed by atoms with Crippen LogP contribution in [0.3, 0.4) is 0 Å². The quantitative estimate of drug-likeness (QED) is 0.831. The van der Waals surface area contributed by atoms with E-state index < -0.39 is 0 Å². The molecule has 2 aromatic rings. The van der Waals surface area contributed by atoms with Gasteiger partial charge in [-0.1, -0.05) is 38.5 Å². The highest BCUT2D eigenvalue weighted by Crippen LogP contribution is 2.26. The molecule has 7 heteroatoms. The van der Waals surface area contributed by atoms with Gasteiger partial charge in [-0.25, -0.2) is 9.48 Å². The van der Waals surface area contributed by atoms with Gasteiger partial charge in [0, 0.05) is 31.6 Å². The number of nitrogens with one attached hydrogen (secondary N) is 1. The lowest BCUT2D eigenvalue weighted by molar-refractivity contribution is -0.117. The SMILES string of the molecule is Cc1ccc(-n2nc(C(C)(C)C)cc2NC(=O)CN(C(=O)N(C)C)C(C)C)cc1. The standard InChI is InChI=1S/C22H33N5O2/c1-15(2)26(21(29)25(7)8)14-20(28)23-19-13-18(22(4,5)6)24-27(19)17-11-9-16(3)10-12-17/h9-13,15H,14H2,1-8H3,(H,23,28). The van der Waals surface area contributed by atoms with Crippen LogP contribution in [0, 0.1) is 6.92 Å². The summed E-state index contributed by atoms with van der Waals surface area (Å²) in [5, 5.41) is 7.67. The molecule has 29 heavy (non-hydrogen) atoms. The van der Waals surface area contributed by atoms with Crippen molar-refractivity contribution in [1.29, 1.82) is 0 Å². The van der Waals surface area contributed by atoms with Gasteiger partial charge in [-0.2, -0.15) is 5.10 Å². The molecule has 0 aliphatic heterocycles. The number of nitrogens with zero attached hydrogens (tertiary/aromatic N) is 4. The second-order valence-corrected chi connectivity index (χ2v) is 8.86. The van der Waals surface area contributed by atoms with Gasteiger partial charge in [0.2, 0.25) is 5.91 Å². The van der Waals surface area contributed by atoms with Gasteiger partial charge in [0.1, 0.15) is 12.4 Å². The fraction of sp³-hybridized carbons (Fsp3) is 0.500. The first-order chi connectivity index (χ1) is 13.4. The van der Waals surface area contributed by atoms with Crippen LogP contribution in [0.25, 0.3) is 5.69 Å². The molecular weight excluding hydrogens is 366 g/mol. The Morgan fingerprint density at radius 2 is 1.72 bits per heavy atom. The minimum absolute atomic E-state index is 0.0292. The number of aryl methyl sites for hydroxylation is 1. The summed E-state index contributed by atoms with van der Waals surface area (Å²) in [7, 11) is 3.36. The van der Waals surface area contributed by atoms with Crippen molar-refractivity contribution >= 4 is 17.8 Å². The number of urea groups is 1. The maximum absolute atomic E-state index is 12.8. The van der Waals surface area contributed by atoms with E-state index in [2.05, 4.69) is 26.1 Å². The zero-order valence-electron chi connectivity index (χ0n) is 18.8. The minimum Gasteiger partial charge on any atom is -0.331 e. The third-order valence-corrected chi connectivity index (χ3v) is 4.59. The Hall–Kier alpha value is -2.83. The van der Waals surface area contributed by atoms with Crippen molar-refractivity contribution in [3.05, 3.63) is 41.6 Å². The molecule has 2 rings (SSSR count). The van der Waals surface area contributed by atoms with E-state index >= 15 is 0 Å². The summed E-state index contributed by atoms with van der Waals surface area (Å²) in [5.74, 6) is 0.326. The summed E-state index contributed by atoms with van der Waals surface area (Å²) >= 11 is 0. The van der Waals surface area contributed by atoms with Crippen LogP contribution in [0.4, 0.5) is 10.6 Å². The van der Waals surface area contributed by atoms with Crippen molar-refractivity contribution in [1.82, 2.24) is 19.6 Å². The Bertz CT molecular complexity index is 860. The average molecular weight is 400 g/mol. The number of amides is 3. The fourth-order valence-electron chi connectivity index (χ4n) is 2.78. The molecule has 0 aliphatic carbocycles. The lowest BCUT2D eigenvalue weighted by Gasteiger charge is -2.29. The molecule has 3 amide bonds. The Morgan fingerprint density at radius 3 is 2.21 bits per heavy atom. The van der Waals surface area contributed by atoms with E-state index in [4.69, 9.17) is 5.10 Å². The molecule has 0 atom stereocenters. The molecule has 0 bridgehead atoms. The normalized spacial score (nSPS) is 11.5. The Kier molecular flexibility index (Phi) is 6.72. The van der Waals surface area contributed by atoms with E-state index in [1.54, 1.807) is 18.8 Å². The van der Waals surface area contributed by atoms with E-state index in [-0.39, 0.29) is 29.9 Å². The molecule has 0 fully saturated rings. The van der Waals surface area contributed by atoms with Gasteiger partial charge >= 0.3 is 6.03 Å². The van der Waals surface area contributed by atoms with Crippen LogP contribution in [0.15, 0.2) is 30.3 Å². The maximum Gasteiger partial charge on any atom is 0.320 e. The first kappa shape index (κ1) is 22.5. The molecule has 1 aromatic heterocycles. The monoisotopic (exact) mass is 399 g/mol. The van der Waals surface area contributed by atoms with Gasteiger partial charge in [-0.05, 0) is 32.9 Å². The highest BCUT2D eigenvalue weighted by molar-refractivity contribution is 5.94. The van der Waals surface area contributed by atoms with Gasteiger partial charge in [0.05, 0.1) is 11.4 Å². The summed E-state index contributed by atoms with van der Waals surface area (Å²) in [4.78, 5) is 28.2. The summed E-state index contributed by atoms with van der Waals surface area (Å²) in [6.45, 7) is 12.0. The fourth-order valence-corrected chi connectivity index (χ4v) is 2.78. The largest absolute Gasteiger partial charge is 0.331 e. The molecule has 158 valence electrons. The number of carbonyl (C=O) groups is 2. The van der Waals surface area contributed by atoms with Crippen LogP contribution in [-0.2, 0) is 10.2 Å². The summed E-state index contributed by atoms with van der Waals surface area (Å²) in [6.07, 6.45) is 0. The summed E-state index contributed by atoms with van der Waals surface area (Å²) in [6, 6.07) is 9.57. The van der Waals surface area contributed by atoms with Crippen LogP contribution < -0.4 is 5.32 Å². The predicted molar refractivity (Wildman–Crippen MR) is 117 cm³/mol. The molecule has 0 saturated carbocycles. The van der Waals surface area contributed by atoms with Crippen molar-refractivity contribution in [2.24, 2.45) is 0 Å². The highest BCUT2D eigenvalue weighted by atomic mass is 16.2. The van der Waals surface area contributed by atoms with E-state index in [1.165, 1.54) is 9.80 Å². The van der Waals surface area contributed by atoms with Crippen LogP contribution >= 0.6 is 0 Å². The van der Waals surface area contributed by atoms with Crippen LogP contribution in [0.5, 0.6) is 0 Å². The zero-order chi connectivity index (χ0) is 21.9. The lowest BCUT2D eigenvalue weighted by Crippen LogP contribution is -2.47. The molecule has 1 N–H and O–H groups in total. The van der Waals surface area contributed by atoms with Crippen molar-refractivity contribution in [2.75, 3.05) is 26.0 Å². The number of carbonyl (C=O) groups excluding carboxylic acids is 2. The minimum atomic E-state index is -0.261. The highest BCUT2D eigenvalue weighted by Gasteiger charge is 2.24. The van der Waals surface area contributed by atoms with Crippen molar-refractivity contribution in [2.45, 2.75) is 53.0 Å². The first-order valence-corrected chi connectivity index (χ1v) is 9.85. The van der Waals surface area contributed by atoms with Crippen molar-refractivity contribution < 1.29 is 9.59 Å². The molecule has 0 unspecified atom stereocenters. The Labute approximate surface area is 173 Å². The molecule has 0 saturated heterocycles. The second-order valence-electron chi connectivity index (χ2n) is 8.86. The van der Waals surface area contributed by atoms with Gasteiger partial charge in [0.25, 0.3) is 0 Å². The second kappa shape index (κ2) is 8.68. The number of rotatable bonds is 5. The third-order valence-electron chi connectivity index (χ3n) is 4.59. The number of benzene rings is 1. The maximum atomic E-state index is 12.8. The third kappa shape index (κ3) is 5.59. The smallest absolute Gasteiger partial charge is 0.320 e. The first-order valence-electron chi connectivity index (χ1n) is 9.85. The molecule has 0 radical (unpaired) electrons. The number of aromatic nitrogens is 2. The summed E-state index contributed by atoms with van der Waals surface area (Å²) < 4.78 is 1.74. The predicted octanol–water partition coefficient (Wildman–Crippen LogP) is 3.81. The Balaban J connectivity index is 2.33. The van der Waals surface area contributed by atoms with E-state index in [9.17, 15) is 9.59 Å². The number of hydrogen-bond donors (Lipinski definition) is 1. The van der Waals surface area contributed by atoms with Gasteiger partial charge < -0.3 is 15.1 Å². The molecule has 7 nitrogen and oxygen atoms in total. The van der Waals surface area contributed by atoms with Gasteiger partial charge in [-0.3, -0.25) is 4.79 Å². The number of anilines is 1. The topological polar surface area (TPSA) is 70.5 Å². The molecular formula is C22H33N5O2. The van der Waals surface area contributed by atoms with E-state index in [1.807, 2.05) is 51.1 Å². The molecule has 1 heterocycles. The molecule has 0 aliphatic rings. The molecule has 1 aromatic carbocycles. The van der Waals surface area contributed by atoms with Crippen LogP contribution in [-0.4, -0.2) is 58.2 Å². The Morgan fingerprint density at radius 1 is 1.14 bits per heavy atom. The zero-order valence-corrected chi connectivity index (χ0v) is 18.8. The van der Waals surface area contributed by atoms with E-state index in [0.717, 1.165) is 16.9 Å². The van der Waals surface area contributed by atoms with E-state index in [0.29, 0.717) is 5.82 Å². The average Bonchev–Trinajstić information content (AvgIpc) is 3.03. The van der Waals surface area contributed by atoms with Crippen molar-refractivity contribution in [3.8, 4) is 5.69 Å². The molecule has 0 spiro atoms. The van der Waals surface area contributed by atoms with Crippen LogP contribution in [0.2, 0.25) is 0 Å². The number of hydrogen-bond acceptors (Lipinski definition) is 3. The van der Waals surface area contributed by atoms with Gasteiger partial charge in [-0.15, -0.1) is 0 Å². The van der Waals surface area contributed by atoms with Gasteiger partial charge in [0.15, 0.2) is 0 Å². The van der Waals surface area contributed by atoms with Crippen molar-refractivity contribution in [3.63, 3.8) is 0 Å².